The maximum Gasteiger partial charge on any atom is 0.126 e. The highest BCUT2D eigenvalue weighted by molar-refractivity contribution is 5.63. The molecule has 64 valence electrons. The Labute approximate surface area is 72.1 Å². The number of phenolic OH excluding ortho intramolecular Hbond substituents is 1. The highest BCUT2D eigenvalue weighted by atomic mass is 16.5. The molecule has 0 unspecified atom stereocenters. The van der Waals surface area contributed by atoms with E-state index in [2.05, 4.69) is 6.58 Å². The Morgan fingerprint density at radius 2 is 2.17 bits per heavy atom. The van der Waals surface area contributed by atoms with Crippen LogP contribution >= 0.6 is 0 Å². The van der Waals surface area contributed by atoms with E-state index in [0.29, 0.717) is 11.3 Å². The first-order valence-electron chi connectivity index (χ1n) is 3.68. The highest BCUT2D eigenvalue weighted by Crippen LogP contribution is 2.24. The number of hydrogen-bond donors (Lipinski definition) is 1. The molecule has 0 radical (unpaired) electrons. The molecule has 0 heterocycles. The smallest absolute Gasteiger partial charge is 0.126 e. The van der Waals surface area contributed by atoms with Crippen molar-refractivity contribution in [2.45, 2.75) is 6.92 Å². The molecule has 0 aromatic heterocycles. The average molecular weight is 164 g/mol. The lowest BCUT2D eigenvalue weighted by Crippen LogP contribution is -1.86. The van der Waals surface area contributed by atoms with Gasteiger partial charge in [-0.25, -0.2) is 0 Å². The van der Waals surface area contributed by atoms with Gasteiger partial charge in [0.15, 0.2) is 0 Å². The number of methoxy groups -OCH3 is 1. The van der Waals surface area contributed by atoms with Gasteiger partial charge in [-0.15, -0.1) is 0 Å². The number of ether oxygens (including phenoxy) is 1. The van der Waals surface area contributed by atoms with E-state index in [4.69, 9.17) is 4.74 Å². The van der Waals surface area contributed by atoms with Gasteiger partial charge in [0, 0.05) is 0 Å². The summed E-state index contributed by atoms with van der Waals surface area (Å²) in [4.78, 5) is 0. The monoisotopic (exact) mass is 164 g/mol. The second-order valence-corrected chi connectivity index (χ2v) is 2.65. The fraction of sp³-hybridized carbons (Fsp3) is 0.200. The molecule has 0 aliphatic heterocycles. The van der Waals surface area contributed by atoms with Crippen LogP contribution in [0.3, 0.4) is 0 Å². The molecule has 1 rings (SSSR count). The van der Waals surface area contributed by atoms with Crippen molar-refractivity contribution in [2.24, 2.45) is 0 Å². The lowest BCUT2D eigenvalue weighted by Gasteiger charge is -2.06. The lowest BCUT2D eigenvalue weighted by molar-refractivity contribution is 0.367. The van der Waals surface area contributed by atoms with Crippen LogP contribution in [0.4, 0.5) is 0 Å². The molecule has 0 aliphatic rings. The fourth-order valence-corrected chi connectivity index (χ4v) is 0.987. The molecule has 0 saturated heterocycles. The molecular formula is C10H12O2. The molecule has 2 heteroatoms. The third kappa shape index (κ3) is 1.59. The Morgan fingerprint density at radius 3 is 2.67 bits per heavy atom. The molecule has 0 fully saturated rings. The van der Waals surface area contributed by atoms with Gasteiger partial charge >= 0.3 is 0 Å². The summed E-state index contributed by atoms with van der Waals surface area (Å²) in [5.74, 6) is 0.689. The van der Waals surface area contributed by atoms with E-state index in [1.807, 2.05) is 13.0 Å². The first-order valence-corrected chi connectivity index (χ1v) is 3.68. The predicted molar refractivity (Wildman–Crippen MR) is 48.9 cm³/mol. The molecule has 1 N–H and O–H groups in total. The van der Waals surface area contributed by atoms with Gasteiger partial charge in [0.2, 0.25) is 0 Å². The zero-order valence-corrected chi connectivity index (χ0v) is 7.29. The van der Waals surface area contributed by atoms with Crippen LogP contribution in [0.2, 0.25) is 0 Å². The zero-order chi connectivity index (χ0) is 9.14. The van der Waals surface area contributed by atoms with Crippen molar-refractivity contribution >= 4 is 5.76 Å². The molecule has 12 heavy (non-hydrogen) atoms. The van der Waals surface area contributed by atoms with Gasteiger partial charge in [-0.2, -0.15) is 0 Å². The molecule has 1 aromatic carbocycles. The van der Waals surface area contributed by atoms with E-state index in [1.54, 1.807) is 12.1 Å². The standard InChI is InChI=1S/C10H12O2/c1-7-4-5-9(8(2)12-3)10(11)6-7/h4-6,11H,2H2,1,3H3. The Kier molecular flexibility index (Phi) is 2.38. The van der Waals surface area contributed by atoms with Crippen LogP contribution in [-0.2, 0) is 4.74 Å². The SMILES string of the molecule is C=C(OC)c1ccc(C)cc1O. The van der Waals surface area contributed by atoms with Crippen molar-refractivity contribution in [3.8, 4) is 5.75 Å². The molecule has 0 bridgehead atoms. The topological polar surface area (TPSA) is 29.5 Å². The fourth-order valence-electron chi connectivity index (χ4n) is 0.987. The van der Waals surface area contributed by atoms with Gasteiger partial charge in [-0.3, -0.25) is 0 Å². The Bertz CT molecular complexity index is 303. The summed E-state index contributed by atoms with van der Waals surface area (Å²) in [6.45, 7) is 5.57. The number of aryl methyl sites for hydroxylation is 1. The zero-order valence-electron chi connectivity index (χ0n) is 7.29. The van der Waals surface area contributed by atoms with Crippen molar-refractivity contribution in [1.29, 1.82) is 0 Å². The van der Waals surface area contributed by atoms with Crippen molar-refractivity contribution in [1.82, 2.24) is 0 Å². The number of benzene rings is 1. The van der Waals surface area contributed by atoms with E-state index in [1.165, 1.54) is 7.11 Å². The molecule has 0 aliphatic carbocycles. The summed E-state index contributed by atoms with van der Waals surface area (Å²) < 4.78 is 4.90. The van der Waals surface area contributed by atoms with E-state index < -0.39 is 0 Å². The second kappa shape index (κ2) is 3.30. The first kappa shape index (κ1) is 8.65. The molecule has 0 atom stereocenters. The van der Waals surface area contributed by atoms with E-state index in [-0.39, 0.29) is 5.75 Å². The Balaban J connectivity index is 3.09. The normalized spacial score (nSPS) is 9.50. The summed E-state index contributed by atoms with van der Waals surface area (Å²) in [6.07, 6.45) is 0. The molecule has 1 aromatic rings. The van der Waals surface area contributed by atoms with Crippen LogP contribution in [0.5, 0.6) is 5.75 Å². The van der Waals surface area contributed by atoms with Crippen LogP contribution in [0.1, 0.15) is 11.1 Å². The third-order valence-corrected chi connectivity index (χ3v) is 1.70. The number of aromatic hydroxyl groups is 1. The van der Waals surface area contributed by atoms with Gasteiger partial charge in [-0.1, -0.05) is 12.6 Å². The Hall–Kier alpha value is -1.44. The molecular weight excluding hydrogens is 152 g/mol. The average Bonchev–Trinajstić information content (AvgIpc) is 2.03. The summed E-state index contributed by atoms with van der Waals surface area (Å²) in [6, 6.07) is 5.37. The van der Waals surface area contributed by atoms with Gasteiger partial charge in [0.05, 0.1) is 12.7 Å². The van der Waals surface area contributed by atoms with E-state index in [9.17, 15) is 5.11 Å². The van der Waals surface area contributed by atoms with Crippen LogP contribution in [-0.4, -0.2) is 12.2 Å². The molecule has 0 spiro atoms. The second-order valence-electron chi connectivity index (χ2n) is 2.65. The van der Waals surface area contributed by atoms with Gasteiger partial charge in [-0.05, 0) is 24.6 Å². The molecule has 0 saturated carbocycles. The van der Waals surface area contributed by atoms with Gasteiger partial charge in [0.25, 0.3) is 0 Å². The van der Waals surface area contributed by atoms with Crippen LogP contribution in [0, 0.1) is 6.92 Å². The van der Waals surface area contributed by atoms with Crippen LogP contribution in [0.25, 0.3) is 5.76 Å². The van der Waals surface area contributed by atoms with Crippen molar-refractivity contribution in [3.05, 3.63) is 35.9 Å². The number of rotatable bonds is 2. The van der Waals surface area contributed by atoms with Crippen molar-refractivity contribution in [3.63, 3.8) is 0 Å². The summed E-state index contributed by atoms with van der Waals surface area (Å²) in [5, 5.41) is 9.45. The van der Waals surface area contributed by atoms with E-state index in [0.717, 1.165) is 5.56 Å². The quantitative estimate of drug-likeness (QED) is 0.680. The predicted octanol–water partition coefficient (Wildman–Crippen LogP) is 2.32. The van der Waals surface area contributed by atoms with Gasteiger partial charge in [0.1, 0.15) is 11.5 Å². The van der Waals surface area contributed by atoms with E-state index >= 15 is 0 Å². The number of hydrogen-bond acceptors (Lipinski definition) is 2. The van der Waals surface area contributed by atoms with Gasteiger partial charge < -0.3 is 9.84 Å². The minimum atomic E-state index is 0.210. The summed E-state index contributed by atoms with van der Waals surface area (Å²) in [5.41, 5.74) is 1.66. The minimum absolute atomic E-state index is 0.210. The highest BCUT2D eigenvalue weighted by Gasteiger charge is 2.04. The van der Waals surface area contributed by atoms with Crippen LogP contribution < -0.4 is 0 Å². The summed E-state index contributed by atoms with van der Waals surface area (Å²) >= 11 is 0. The van der Waals surface area contributed by atoms with Crippen LogP contribution in [0.15, 0.2) is 24.8 Å². The maximum atomic E-state index is 9.45. The largest absolute Gasteiger partial charge is 0.507 e. The number of phenols is 1. The Morgan fingerprint density at radius 1 is 1.50 bits per heavy atom. The molecule has 0 amide bonds. The van der Waals surface area contributed by atoms with Crippen molar-refractivity contribution in [2.75, 3.05) is 7.11 Å². The lowest BCUT2D eigenvalue weighted by atomic mass is 10.1. The maximum absolute atomic E-state index is 9.45. The first-order chi connectivity index (χ1) is 5.65. The summed E-state index contributed by atoms with van der Waals surface area (Å²) in [7, 11) is 1.53. The van der Waals surface area contributed by atoms with Crippen molar-refractivity contribution < 1.29 is 9.84 Å². The minimum Gasteiger partial charge on any atom is -0.507 e. The third-order valence-electron chi connectivity index (χ3n) is 1.70. The molecule has 2 nitrogen and oxygen atoms in total.